The summed E-state index contributed by atoms with van der Waals surface area (Å²) in [7, 11) is 0. The van der Waals surface area contributed by atoms with Crippen LogP contribution >= 0.6 is 0 Å². The van der Waals surface area contributed by atoms with Crippen LogP contribution in [0.2, 0.25) is 0 Å². The molecule has 0 aliphatic carbocycles. The number of nitrogens with zero attached hydrogens (tertiary/aromatic N) is 2. The lowest BCUT2D eigenvalue weighted by Gasteiger charge is -2.01. The Bertz CT molecular complexity index is 715. The van der Waals surface area contributed by atoms with Gasteiger partial charge in [0, 0.05) is 11.4 Å². The molecule has 0 spiro atoms. The van der Waals surface area contributed by atoms with Crippen molar-refractivity contribution in [3.05, 3.63) is 83.9 Å². The van der Waals surface area contributed by atoms with Crippen LogP contribution in [-0.4, -0.2) is 11.4 Å². The number of nitrogens with two attached hydrogens (primary N) is 2. The van der Waals surface area contributed by atoms with Crippen molar-refractivity contribution in [2.24, 2.45) is 21.7 Å². The predicted octanol–water partition coefficient (Wildman–Crippen LogP) is 3.82. The maximum Gasteiger partial charge on any atom is 0.0620 e. The molecule has 0 amide bonds. The predicted molar refractivity (Wildman–Crippen MR) is 103 cm³/mol. The molecule has 2 aromatic carbocycles. The maximum atomic E-state index is 6.06. The van der Waals surface area contributed by atoms with Crippen molar-refractivity contribution in [2.45, 2.75) is 13.8 Å². The maximum absolute atomic E-state index is 6.06. The SMILES string of the molecule is CC(/C=C(/N)c1ccccc1)=N\N=C(C)\C=C(\N)c1ccccc1. The Kier molecular flexibility index (Phi) is 6.08. The molecule has 4 N–H and O–H groups in total. The average molecular weight is 318 g/mol. The molecule has 0 bridgehead atoms. The van der Waals surface area contributed by atoms with E-state index < -0.39 is 0 Å². The first-order chi connectivity index (χ1) is 11.6. The zero-order chi connectivity index (χ0) is 17.4. The summed E-state index contributed by atoms with van der Waals surface area (Å²) in [5.74, 6) is 0. The van der Waals surface area contributed by atoms with Crippen molar-refractivity contribution >= 4 is 22.8 Å². The molecule has 24 heavy (non-hydrogen) atoms. The van der Waals surface area contributed by atoms with E-state index >= 15 is 0 Å². The minimum atomic E-state index is 0.657. The number of hydrogen-bond acceptors (Lipinski definition) is 4. The third-order valence-corrected chi connectivity index (χ3v) is 3.31. The van der Waals surface area contributed by atoms with E-state index in [1.807, 2.05) is 74.5 Å². The molecular weight excluding hydrogens is 296 g/mol. The van der Waals surface area contributed by atoms with E-state index in [9.17, 15) is 0 Å². The van der Waals surface area contributed by atoms with E-state index in [4.69, 9.17) is 11.5 Å². The summed E-state index contributed by atoms with van der Waals surface area (Å²) in [4.78, 5) is 0. The highest BCUT2D eigenvalue weighted by Gasteiger charge is 1.97. The van der Waals surface area contributed by atoms with Crippen molar-refractivity contribution in [1.82, 2.24) is 0 Å². The fourth-order valence-corrected chi connectivity index (χ4v) is 2.09. The van der Waals surface area contributed by atoms with Crippen LogP contribution in [0.4, 0.5) is 0 Å². The van der Waals surface area contributed by atoms with Gasteiger partial charge in [-0.2, -0.15) is 10.2 Å². The third kappa shape index (κ3) is 5.25. The van der Waals surface area contributed by atoms with Crippen LogP contribution in [0, 0.1) is 0 Å². The van der Waals surface area contributed by atoms with Gasteiger partial charge in [0.2, 0.25) is 0 Å². The molecule has 0 radical (unpaired) electrons. The Morgan fingerprint density at radius 2 is 1.00 bits per heavy atom. The van der Waals surface area contributed by atoms with Crippen LogP contribution in [0.3, 0.4) is 0 Å². The second kappa shape index (κ2) is 8.48. The van der Waals surface area contributed by atoms with Crippen molar-refractivity contribution < 1.29 is 0 Å². The first kappa shape index (κ1) is 17.2. The number of hydrogen-bond donors (Lipinski definition) is 2. The van der Waals surface area contributed by atoms with Gasteiger partial charge in [-0.1, -0.05) is 60.7 Å². The molecule has 0 unspecified atom stereocenters. The zero-order valence-corrected chi connectivity index (χ0v) is 14.0. The number of allylic oxidation sites excluding steroid dienone is 2. The van der Waals surface area contributed by atoms with E-state index in [1.54, 1.807) is 12.2 Å². The molecule has 0 aromatic heterocycles. The molecule has 0 saturated carbocycles. The van der Waals surface area contributed by atoms with Crippen LogP contribution in [-0.2, 0) is 0 Å². The molecular formula is C20H22N4. The third-order valence-electron chi connectivity index (χ3n) is 3.31. The van der Waals surface area contributed by atoms with Crippen LogP contribution in [0.25, 0.3) is 11.4 Å². The smallest absolute Gasteiger partial charge is 0.0620 e. The first-order valence-corrected chi connectivity index (χ1v) is 7.70. The fraction of sp³-hybridized carbons (Fsp3) is 0.100. The van der Waals surface area contributed by atoms with Crippen molar-refractivity contribution in [3.8, 4) is 0 Å². The fourth-order valence-electron chi connectivity index (χ4n) is 2.09. The van der Waals surface area contributed by atoms with Crippen LogP contribution in [0.15, 0.2) is 83.0 Å². The standard InChI is InChI=1S/C20H22N4/c1-15(13-19(21)17-9-5-3-6-10-17)23-24-16(2)14-20(22)18-11-7-4-8-12-18/h3-14H,21-22H2,1-2H3/b19-13+,20-14+,23-15+,24-16+. The summed E-state index contributed by atoms with van der Waals surface area (Å²) < 4.78 is 0. The van der Waals surface area contributed by atoms with E-state index in [2.05, 4.69) is 10.2 Å². The van der Waals surface area contributed by atoms with Gasteiger partial charge in [-0.25, -0.2) is 0 Å². The number of benzene rings is 2. The monoisotopic (exact) mass is 318 g/mol. The second-order valence-electron chi connectivity index (χ2n) is 5.41. The van der Waals surface area contributed by atoms with Gasteiger partial charge in [0.15, 0.2) is 0 Å². The molecule has 4 nitrogen and oxygen atoms in total. The normalized spacial score (nSPS) is 13.9. The van der Waals surface area contributed by atoms with E-state index in [0.29, 0.717) is 11.4 Å². The summed E-state index contributed by atoms with van der Waals surface area (Å²) in [5, 5.41) is 8.37. The zero-order valence-electron chi connectivity index (χ0n) is 14.0. The molecule has 2 aromatic rings. The molecule has 0 aliphatic rings. The molecule has 0 aliphatic heterocycles. The lowest BCUT2D eigenvalue weighted by molar-refractivity contribution is 1.23. The summed E-state index contributed by atoms with van der Waals surface area (Å²) in [6.45, 7) is 3.72. The van der Waals surface area contributed by atoms with Crippen molar-refractivity contribution in [2.75, 3.05) is 0 Å². The Balaban J connectivity index is 2.11. The van der Waals surface area contributed by atoms with Gasteiger partial charge in [0.25, 0.3) is 0 Å². The molecule has 0 heterocycles. The summed E-state index contributed by atoms with van der Waals surface area (Å²) in [5.41, 5.74) is 16.8. The quantitative estimate of drug-likeness (QED) is 0.649. The summed E-state index contributed by atoms with van der Waals surface area (Å²) >= 11 is 0. The van der Waals surface area contributed by atoms with Crippen molar-refractivity contribution in [1.29, 1.82) is 0 Å². The molecule has 0 fully saturated rings. The van der Waals surface area contributed by atoms with Gasteiger partial charge in [-0.05, 0) is 37.1 Å². The Morgan fingerprint density at radius 3 is 1.33 bits per heavy atom. The van der Waals surface area contributed by atoms with E-state index in [-0.39, 0.29) is 0 Å². The highest BCUT2D eigenvalue weighted by Crippen LogP contribution is 2.09. The largest absolute Gasteiger partial charge is 0.398 e. The molecule has 0 atom stereocenters. The first-order valence-electron chi connectivity index (χ1n) is 7.70. The summed E-state index contributed by atoms with van der Waals surface area (Å²) in [6, 6.07) is 19.5. The number of rotatable bonds is 5. The molecule has 2 rings (SSSR count). The van der Waals surface area contributed by atoms with Gasteiger partial charge in [0.1, 0.15) is 0 Å². The van der Waals surface area contributed by atoms with E-state index in [0.717, 1.165) is 22.6 Å². The van der Waals surface area contributed by atoms with Crippen LogP contribution in [0.1, 0.15) is 25.0 Å². The lowest BCUT2D eigenvalue weighted by atomic mass is 10.1. The lowest BCUT2D eigenvalue weighted by Crippen LogP contribution is -2.00. The highest BCUT2D eigenvalue weighted by atomic mass is 15.2. The van der Waals surface area contributed by atoms with Crippen LogP contribution in [0.5, 0.6) is 0 Å². The Hall–Kier alpha value is -3.14. The van der Waals surface area contributed by atoms with Gasteiger partial charge in [-0.3, -0.25) is 0 Å². The van der Waals surface area contributed by atoms with Gasteiger partial charge in [-0.15, -0.1) is 0 Å². The topological polar surface area (TPSA) is 76.8 Å². The highest BCUT2D eigenvalue weighted by molar-refractivity contribution is 6.01. The average Bonchev–Trinajstić information content (AvgIpc) is 2.61. The minimum absolute atomic E-state index is 0.657. The summed E-state index contributed by atoms with van der Waals surface area (Å²) in [6.07, 6.45) is 3.60. The second-order valence-corrected chi connectivity index (χ2v) is 5.41. The molecule has 0 saturated heterocycles. The Labute approximate surface area is 142 Å². The van der Waals surface area contributed by atoms with Gasteiger partial charge >= 0.3 is 0 Å². The van der Waals surface area contributed by atoms with Gasteiger partial charge in [0.05, 0.1) is 11.4 Å². The van der Waals surface area contributed by atoms with E-state index in [1.165, 1.54) is 0 Å². The molecule has 4 heteroatoms. The van der Waals surface area contributed by atoms with Gasteiger partial charge < -0.3 is 11.5 Å². The molecule has 122 valence electrons. The minimum Gasteiger partial charge on any atom is -0.398 e. The van der Waals surface area contributed by atoms with Crippen molar-refractivity contribution in [3.63, 3.8) is 0 Å². The Morgan fingerprint density at radius 1 is 0.667 bits per heavy atom. The van der Waals surface area contributed by atoms with Crippen LogP contribution < -0.4 is 11.5 Å².